The van der Waals surface area contributed by atoms with Gasteiger partial charge in [0, 0.05) is 24.3 Å². The van der Waals surface area contributed by atoms with Crippen molar-refractivity contribution in [3.8, 4) is 11.3 Å². The third-order valence-electron chi connectivity index (χ3n) is 3.38. The summed E-state index contributed by atoms with van der Waals surface area (Å²) in [4.78, 5) is 13.4. The highest BCUT2D eigenvalue weighted by molar-refractivity contribution is 6.28. The molecule has 0 saturated carbocycles. The molecule has 0 spiro atoms. The van der Waals surface area contributed by atoms with Crippen LogP contribution in [0.1, 0.15) is 13.8 Å². The number of rotatable bonds is 6. The van der Waals surface area contributed by atoms with E-state index in [2.05, 4.69) is 21.7 Å². The monoisotopic (exact) mass is 338 g/mol. The van der Waals surface area contributed by atoms with Crippen LogP contribution < -0.4 is 4.90 Å². The lowest BCUT2D eigenvalue weighted by atomic mass is 10.1. The van der Waals surface area contributed by atoms with Gasteiger partial charge in [-0.1, -0.05) is 0 Å². The van der Waals surface area contributed by atoms with E-state index in [9.17, 15) is 8.78 Å². The second kappa shape index (κ2) is 7.46. The molecule has 0 saturated heterocycles. The molecule has 0 atom stereocenters. The maximum atomic E-state index is 14.4. The fourth-order valence-electron chi connectivity index (χ4n) is 2.35. The molecule has 1 aromatic carbocycles. The van der Waals surface area contributed by atoms with Gasteiger partial charge in [-0.05, 0) is 50.4 Å². The van der Waals surface area contributed by atoms with Gasteiger partial charge in [-0.25, -0.2) is 18.7 Å². The summed E-state index contributed by atoms with van der Waals surface area (Å²) >= 11 is 5.79. The van der Waals surface area contributed by atoms with E-state index in [4.69, 9.17) is 11.6 Å². The third-order valence-corrected chi connectivity index (χ3v) is 3.56. The molecule has 0 radical (unpaired) electrons. The Hall–Kier alpha value is -2.08. The van der Waals surface area contributed by atoms with Crippen molar-refractivity contribution in [3.05, 3.63) is 35.5 Å². The lowest BCUT2D eigenvalue weighted by Crippen LogP contribution is -2.33. The van der Waals surface area contributed by atoms with Gasteiger partial charge in [0.2, 0.25) is 5.28 Å². The molecule has 0 bridgehead atoms. The molecule has 0 unspecified atom stereocenters. The van der Waals surface area contributed by atoms with E-state index in [0.29, 0.717) is 16.9 Å². The predicted molar refractivity (Wildman–Crippen MR) is 90.1 cm³/mol. The summed E-state index contributed by atoms with van der Waals surface area (Å²) in [5, 5.41) is 0.0693. The number of aliphatic imine (C=N–C) groups is 1. The summed E-state index contributed by atoms with van der Waals surface area (Å²) in [5.41, 5.74) is 1.55. The molecule has 2 aromatic rings. The Kier molecular flexibility index (Phi) is 5.60. The Bertz CT molecular complexity index is 706. The first kappa shape index (κ1) is 17.3. The van der Waals surface area contributed by atoms with Crippen LogP contribution in [0.25, 0.3) is 11.3 Å². The van der Waals surface area contributed by atoms with Crippen LogP contribution in [0.5, 0.6) is 0 Å². The normalized spacial score (nSPS) is 10.9. The summed E-state index contributed by atoms with van der Waals surface area (Å²) in [6, 6.07) is 4.61. The molecule has 1 aromatic heterocycles. The van der Waals surface area contributed by atoms with Crippen LogP contribution in [0.15, 0.2) is 29.4 Å². The first-order valence-corrected chi connectivity index (χ1v) is 7.47. The van der Waals surface area contributed by atoms with Gasteiger partial charge < -0.3 is 4.90 Å². The highest BCUT2D eigenvalue weighted by Crippen LogP contribution is 2.36. The van der Waals surface area contributed by atoms with E-state index >= 15 is 0 Å². The molecule has 4 nitrogen and oxygen atoms in total. The zero-order valence-corrected chi connectivity index (χ0v) is 13.7. The van der Waals surface area contributed by atoms with Crippen LogP contribution >= 0.6 is 11.6 Å². The molecule has 0 amide bonds. The molecule has 2 rings (SSSR count). The standard InChI is InChI=1S/C16H17ClF2N4/c1-10(2)23(7-5-18)14-9-11(8-12(19)15(14)20-3)13-4-6-21-16(17)22-13/h4,6,8-10H,3,5,7H2,1-2H3. The number of aromatic nitrogens is 2. The topological polar surface area (TPSA) is 41.4 Å². The quantitative estimate of drug-likeness (QED) is 0.577. The summed E-state index contributed by atoms with van der Waals surface area (Å²) < 4.78 is 27.3. The molecule has 7 heteroatoms. The Morgan fingerprint density at radius 2 is 2.13 bits per heavy atom. The van der Waals surface area contributed by atoms with Crippen LogP contribution in [0.3, 0.4) is 0 Å². The zero-order valence-electron chi connectivity index (χ0n) is 12.9. The number of hydrogen-bond donors (Lipinski definition) is 0. The Labute approximate surface area is 138 Å². The van der Waals surface area contributed by atoms with Crippen LogP contribution in [0.4, 0.5) is 20.2 Å². The van der Waals surface area contributed by atoms with Gasteiger partial charge in [0.15, 0.2) is 5.82 Å². The van der Waals surface area contributed by atoms with E-state index < -0.39 is 12.5 Å². The van der Waals surface area contributed by atoms with E-state index in [-0.39, 0.29) is 23.6 Å². The van der Waals surface area contributed by atoms with Crippen molar-refractivity contribution >= 4 is 29.7 Å². The molecule has 122 valence electrons. The average Bonchev–Trinajstić information content (AvgIpc) is 2.51. The molecule has 0 fully saturated rings. The fraction of sp³-hybridized carbons (Fsp3) is 0.312. The maximum Gasteiger partial charge on any atom is 0.222 e. The Morgan fingerprint density at radius 1 is 1.39 bits per heavy atom. The summed E-state index contributed by atoms with van der Waals surface area (Å²) in [5.74, 6) is -0.549. The highest BCUT2D eigenvalue weighted by Gasteiger charge is 2.19. The highest BCUT2D eigenvalue weighted by atomic mass is 35.5. The van der Waals surface area contributed by atoms with Crippen LogP contribution in [-0.2, 0) is 0 Å². The molecule has 0 N–H and O–H groups in total. The number of anilines is 1. The van der Waals surface area contributed by atoms with Crippen LogP contribution in [0.2, 0.25) is 5.28 Å². The SMILES string of the molecule is C=Nc1c(F)cc(-c2ccnc(Cl)n2)cc1N(CCF)C(C)C. The lowest BCUT2D eigenvalue weighted by Gasteiger charge is -2.29. The van der Waals surface area contributed by atoms with Crippen molar-refractivity contribution in [2.45, 2.75) is 19.9 Å². The third kappa shape index (κ3) is 3.82. The first-order valence-electron chi connectivity index (χ1n) is 7.09. The van der Waals surface area contributed by atoms with Gasteiger partial charge in [-0.3, -0.25) is 4.99 Å². The van der Waals surface area contributed by atoms with Crippen LogP contribution in [0, 0.1) is 5.82 Å². The molecular formula is C16H17ClF2N4. The summed E-state index contributed by atoms with van der Waals surface area (Å²) in [6.07, 6.45) is 1.49. The molecule has 23 heavy (non-hydrogen) atoms. The van der Waals surface area contributed by atoms with Crippen molar-refractivity contribution in [2.75, 3.05) is 18.1 Å². The van der Waals surface area contributed by atoms with Gasteiger partial charge in [0.25, 0.3) is 0 Å². The predicted octanol–water partition coefficient (Wildman–Crippen LogP) is 4.45. The Morgan fingerprint density at radius 3 is 2.70 bits per heavy atom. The van der Waals surface area contributed by atoms with Crippen LogP contribution in [-0.4, -0.2) is 35.9 Å². The minimum atomic E-state index is -0.556. The van der Waals surface area contributed by atoms with Gasteiger partial charge in [0.05, 0.1) is 11.4 Å². The van der Waals surface area contributed by atoms with Crippen molar-refractivity contribution in [1.82, 2.24) is 9.97 Å². The molecule has 0 aliphatic carbocycles. The largest absolute Gasteiger partial charge is 0.365 e. The zero-order chi connectivity index (χ0) is 17.0. The smallest absolute Gasteiger partial charge is 0.222 e. The van der Waals surface area contributed by atoms with Crippen molar-refractivity contribution in [2.24, 2.45) is 4.99 Å². The molecular weight excluding hydrogens is 322 g/mol. The van der Waals surface area contributed by atoms with Gasteiger partial charge in [-0.2, -0.15) is 0 Å². The van der Waals surface area contributed by atoms with E-state index in [1.54, 1.807) is 17.0 Å². The number of nitrogens with zero attached hydrogens (tertiary/aromatic N) is 4. The van der Waals surface area contributed by atoms with Gasteiger partial charge in [0.1, 0.15) is 12.4 Å². The Balaban J connectivity index is 2.62. The summed E-state index contributed by atoms with van der Waals surface area (Å²) in [7, 11) is 0. The fourth-order valence-corrected chi connectivity index (χ4v) is 2.50. The average molecular weight is 339 g/mol. The molecule has 0 aliphatic heterocycles. The minimum Gasteiger partial charge on any atom is -0.365 e. The van der Waals surface area contributed by atoms with E-state index in [0.717, 1.165) is 0 Å². The number of hydrogen-bond acceptors (Lipinski definition) is 4. The minimum absolute atomic E-state index is 0.0325. The maximum absolute atomic E-state index is 14.4. The number of benzene rings is 1. The van der Waals surface area contributed by atoms with Crippen molar-refractivity contribution < 1.29 is 8.78 Å². The van der Waals surface area contributed by atoms with Crippen molar-refractivity contribution in [1.29, 1.82) is 0 Å². The van der Waals surface area contributed by atoms with E-state index in [1.807, 2.05) is 13.8 Å². The molecule has 1 heterocycles. The second-order valence-corrected chi connectivity index (χ2v) is 5.51. The number of alkyl halides is 1. The molecule has 0 aliphatic rings. The number of halogens is 3. The van der Waals surface area contributed by atoms with Gasteiger partial charge >= 0.3 is 0 Å². The summed E-state index contributed by atoms with van der Waals surface area (Å²) in [6.45, 7) is 6.79. The van der Waals surface area contributed by atoms with E-state index in [1.165, 1.54) is 12.3 Å². The lowest BCUT2D eigenvalue weighted by molar-refractivity contribution is 0.479. The van der Waals surface area contributed by atoms with Gasteiger partial charge in [-0.15, -0.1) is 0 Å². The van der Waals surface area contributed by atoms with Crippen molar-refractivity contribution in [3.63, 3.8) is 0 Å². The first-order chi connectivity index (χ1) is 11.0. The second-order valence-electron chi connectivity index (χ2n) is 5.17.